The molecule has 0 saturated carbocycles. The molecule has 1 unspecified atom stereocenters. The molecule has 0 bridgehead atoms. The third-order valence-corrected chi connectivity index (χ3v) is 3.48. The molecule has 0 spiro atoms. The van der Waals surface area contributed by atoms with Gasteiger partial charge in [0.25, 0.3) is 0 Å². The van der Waals surface area contributed by atoms with Gasteiger partial charge in [-0.25, -0.2) is 0 Å². The van der Waals surface area contributed by atoms with Gasteiger partial charge in [0.05, 0.1) is 0 Å². The maximum Gasteiger partial charge on any atom is 0.0378 e. The van der Waals surface area contributed by atoms with Crippen LogP contribution in [0.3, 0.4) is 0 Å². The van der Waals surface area contributed by atoms with Crippen molar-refractivity contribution >= 4 is 5.69 Å². The molecule has 1 atom stereocenters. The van der Waals surface area contributed by atoms with Crippen LogP contribution in [0.25, 0.3) is 0 Å². The minimum Gasteiger partial charge on any atom is -0.398 e. The highest BCUT2D eigenvalue weighted by molar-refractivity contribution is 5.45. The maximum atomic E-state index is 5.94. The third kappa shape index (κ3) is 2.12. The molecule has 3 nitrogen and oxygen atoms in total. The number of rotatable bonds is 3. The summed E-state index contributed by atoms with van der Waals surface area (Å²) in [7, 11) is 0. The van der Waals surface area contributed by atoms with Gasteiger partial charge in [-0.05, 0) is 43.9 Å². The van der Waals surface area contributed by atoms with Gasteiger partial charge in [-0.1, -0.05) is 6.92 Å². The van der Waals surface area contributed by atoms with Crippen molar-refractivity contribution in [3.05, 3.63) is 24.0 Å². The Morgan fingerprint density at radius 3 is 3.07 bits per heavy atom. The largest absolute Gasteiger partial charge is 0.398 e. The Balaban J connectivity index is 2.16. The lowest BCUT2D eigenvalue weighted by atomic mass is 9.87. The number of hydrogen-bond acceptors (Lipinski definition) is 3. The van der Waals surface area contributed by atoms with E-state index in [1.54, 1.807) is 6.20 Å². The van der Waals surface area contributed by atoms with Crippen LogP contribution in [0, 0.1) is 0 Å². The highest BCUT2D eigenvalue weighted by Crippen LogP contribution is 2.28. The third-order valence-electron chi connectivity index (χ3n) is 3.48. The van der Waals surface area contributed by atoms with Crippen molar-refractivity contribution in [2.24, 2.45) is 0 Å². The maximum absolute atomic E-state index is 5.94. The zero-order valence-corrected chi connectivity index (χ0v) is 9.29. The van der Waals surface area contributed by atoms with Crippen LogP contribution in [0.1, 0.15) is 31.7 Å². The molecule has 2 heterocycles. The number of aromatic nitrogens is 1. The summed E-state index contributed by atoms with van der Waals surface area (Å²) in [4.78, 5) is 4.15. The van der Waals surface area contributed by atoms with Crippen LogP contribution >= 0.6 is 0 Å². The highest BCUT2D eigenvalue weighted by Gasteiger charge is 2.31. The molecular weight excluding hydrogens is 186 g/mol. The van der Waals surface area contributed by atoms with Crippen molar-refractivity contribution in [1.82, 2.24) is 10.3 Å². The molecule has 0 aromatic carbocycles. The quantitative estimate of drug-likeness (QED) is 0.790. The molecule has 0 amide bonds. The van der Waals surface area contributed by atoms with E-state index in [0.29, 0.717) is 0 Å². The second-order valence-electron chi connectivity index (χ2n) is 4.42. The number of nitrogens with zero attached hydrogens (tertiary/aromatic N) is 1. The number of nitrogen functional groups attached to an aromatic ring is 1. The first-order valence-electron chi connectivity index (χ1n) is 5.69. The second kappa shape index (κ2) is 4.19. The van der Waals surface area contributed by atoms with Crippen LogP contribution in [0.15, 0.2) is 18.5 Å². The molecule has 1 fully saturated rings. The van der Waals surface area contributed by atoms with Crippen LogP contribution in [0.2, 0.25) is 0 Å². The standard InChI is InChI=1S/C12H19N3/c1-2-12(5-3-6-15-12)8-10-9-14-7-4-11(10)13/h4,7,9,15H,2-3,5-6,8H2,1H3,(H2,13,14). The summed E-state index contributed by atoms with van der Waals surface area (Å²) in [6.07, 6.45) is 8.32. The van der Waals surface area contributed by atoms with Crippen LogP contribution in [-0.4, -0.2) is 17.1 Å². The molecule has 0 radical (unpaired) electrons. The van der Waals surface area contributed by atoms with Crippen molar-refractivity contribution in [3.63, 3.8) is 0 Å². The summed E-state index contributed by atoms with van der Waals surface area (Å²) in [5, 5.41) is 3.61. The zero-order valence-electron chi connectivity index (χ0n) is 9.29. The average Bonchev–Trinajstić information content (AvgIpc) is 2.71. The number of anilines is 1. The van der Waals surface area contributed by atoms with E-state index in [2.05, 4.69) is 17.2 Å². The molecule has 3 N–H and O–H groups in total. The summed E-state index contributed by atoms with van der Waals surface area (Å²) >= 11 is 0. The number of hydrogen-bond donors (Lipinski definition) is 2. The molecule has 1 aliphatic heterocycles. The topological polar surface area (TPSA) is 50.9 Å². The Kier molecular flexibility index (Phi) is 2.91. The fourth-order valence-corrected chi connectivity index (χ4v) is 2.40. The van der Waals surface area contributed by atoms with E-state index < -0.39 is 0 Å². The molecule has 15 heavy (non-hydrogen) atoms. The van der Waals surface area contributed by atoms with E-state index in [9.17, 15) is 0 Å². The lowest BCUT2D eigenvalue weighted by molar-refractivity contribution is 0.360. The summed E-state index contributed by atoms with van der Waals surface area (Å²) < 4.78 is 0. The summed E-state index contributed by atoms with van der Waals surface area (Å²) in [6.45, 7) is 3.37. The minimum atomic E-state index is 0.261. The van der Waals surface area contributed by atoms with Gasteiger partial charge in [-0.2, -0.15) is 0 Å². The predicted octanol–water partition coefficient (Wildman–Crippen LogP) is 1.74. The van der Waals surface area contributed by atoms with Gasteiger partial charge in [0.15, 0.2) is 0 Å². The van der Waals surface area contributed by atoms with Gasteiger partial charge >= 0.3 is 0 Å². The first kappa shape index (κ1) is 10.4. The fourth-order valence-electron chi connectivity index (χ4n) is 2.40. The first-order valence-corrected chi connectivity index (χ1v) is 5.69. The van der Waals surface area contributed by atoms with Crippen LogP contribution < -0.4 is 11.1 Å². The fraction of sp³-hybridized carbons (Fsp3) is 0.583. The normalized spacial score (nSPS) is 25.7. The first-order chi connectivity index (χ1) is 7.26. The van der Waals surface area contributed by atoms with Gasteiger partial charge in [0.1, 0.15) is 0 Å². The van der Waals surface area contributed by atoms with E-state index in [1.165, 1.54) is 18.4 Å². The van der Waals surface area contributed by atoms with Crippen molar-refractivity contribution in [2.75, 3.05) is 12.3 Å². The second-order valence-corrected chi connectivity index (χ2v) is 4.42. The number of pyridine rings is 1. The zero-order chi connectivity index (χ0) is 10.7. The van der Waals surface area contributed by atoms with Crippen LogP contribution in [0.5, 0.6) is 0 Å². The molecular formula is C12H19N3. The van der Waals surface area contributed by atoms with Gasteiger partial charge in [-0.3, -0.25) is 4.98 Å². The average molecular weight is 205 g/mol. The smallest absolute Gasteiger partial charge is 0.0378 e. The Labute approximate surface area is 91.1 Å². The molecule has 3 heteroatoms. The van der Waals surface area contributed by atoms with E-state index >= 15 is 0 Å². The summed E-state index contributed by atoms with van der Waals surface area (Å²) in [6, 6.07) is 1.88. The van der Waals surface area contributed by atoms with E-state index in [1.807, 2.05) is 12.3 Å². The monoisotopic (exact) mass is 205 g/mol. The molecule has 0 aliphatic carbocycles. The Bertz CT molecular complexity index is 329. The molecule has 2 rings (SSSR count). The van der Waals surface area contributed by atoms with Gasteiger partial charge in [-0.15, -0.1) is 0 Å². The van der Waals surface area contributed by atoms with E-state index in [0.717, 1.165) is 25.1 Å². The van der Waals surface area contributed by atoms with Gasteiger partial charge < -0.3 is 11.1 Å². The van der Waals surface area contributed by atoms with Crippen molar-refractivity contribution in [3.8, 4) is 0 Å². The summed E-state index contributed by atoms with van der Waals surface area (Å²) in [5.74, 6) is 0. The van der Waals surface area contributed by atoms with E-state index in [4.69, 9.17) is 5.73 Å². The SMILES string of the molecule is CCC1(Cc2cnccc2N)CCCN1. The molecule has 1 aromatic rings. The molecule has 1 aromatic heterocycles. The van der Waals surface area contributed by atoms with Crippen molar-refractivity contribution in [1.29, 1.82) is 0 Å². The molecule has 1 saturated heterocycles. The van der Waals surface area contributed by atoms with Gasteiger partial charge in [0.2, 0.25) is 0 Å². The number of nitrogens with one attached hydrogen (secondary N) is 1. The Morgan fingerprint density at radius 2 is 2.47 bits per heavy atom. The Hall–Kier alpha value is -1.09. The summed E-state index contributed by atoms with van der Waals surface area (Å²) in [5.41, 5.74) is 8.25. The number of nitrogens with two attached hydrogens (primary N) is 1. The van der Waals surface area contributed by atoms with Crippen LogP contribution in [0.4, 0.5) is 5.69 Å². The lowest BCUT2D eigenvalue weighted by Crippen LogP contribution is -2.41. The van der Waals surface area contributed by atoms with E-state index in [-0.39, 0.29) is 5.54 Å². The van der Waals surface area contributed by atoms with Gasteiger partial charge in [0, 0.05) is 23.6 Å². The Morgan fingerprint density at radius 1 is 1.60 bits per heavy atom. The highest BCUT2D eigenvalue weighted by atomic mass is 15.0. The minimum absolute atomic E-state index is 0.261. The van der Waals surface area contributed by atoms with Crippen LogP contribution in [-0.2, 0) is 6.42 Å². The molecule has 82 valence electrons. The predicted molar refractivity (Wildman–Crippen MR) is 62.6 cm³/mol. The lowest BCUT2D eigenvalue weighted by Gasteiger charge is -2.28. The molecule has 1 aliphatic rings. The van der Waals surface area contributed by atoms with Crippen molar-refractivity contribution < 1.29 is 0 Å². The van der Waals surface area contributed by atoms with Crippen molar-refractivity contribution in [2.45, 2.75) is 38.1 Å².